The van der Waals surface area contributed by atoms with E-state index in [0.717, 1.165) is 36.1 Å². The Balaban J connectivity index is 1.48. The molecule has 142 valence electrons. The Morgan fingerprint density at radius 2 is 2.12 bits per heavy atom. The van der Waals surface area contributed by atoms with E-state index < -0.39 is 0 Å². The summed E-state index contributed by atoms with van der Waals surface area (Å²) >= 11 is 1.56. The van der Waals surface area contributed by atoms with E-state index in [1.54, 1.807) is 11.3 Å². The van der Waals surface area contributed by atoms with Gasteiger partial charge in [0.25, 0.3) is 0 Å². The molecule has 0 saturated carbocycles. The van der Waals surface area contributed by atoms with Crippen molar-refractivity contribution >= 4 is 22.4 Å². The van der Waals surface area contributed by atoms with Crippen molar-refractivity contribution < 1.29 is 9.53 Å². The normalized spacial score (nSPS) is 17.7. The Hall–Kier alpha value is -1.93. The first-order valence-corrected chi connectivity index (χ1v) is 10.1. The highest BCUT2D eigenvalue weighted by Gasteiger charge is 2.27. The Kier molecular flexibility index (Phi) is 6.62. The van der Waals surface area contributed by atoms with Gasteiger partial charge in [-0.2, -0.15) is 0 Å². The second kappa shape index (κ2) is 9.14. The summed E-state index contributed by atoms with van der Waals surface area (Å²) in [4.78, 5) is 14.6. The Labute approximate surface area is 158 Å². The maximum absolute atomic E-state index is 12.4. The van der Waals surface area contributed by atoms with Crippen LogP contribution in [0.25, 0.3) is 5.13 Å². The number of hydrogen-bond acceptors (Lipinski definition) is 6. The number of ether oxygens (including phenoxy) is 1. The number of rotatable bonds is 8. The number of aromatic nitrogens is 3. The SMILES string of the molecule is CC(C)OCCCNC(=O)[C@H]1CCCN(c2nnc(-n3cccc3)s2)C1. The fourth-order valence-electron chi connectivity index (χ4n) is 3.01. The van der Waals surface area contributed by atoms with E-state index in [9.17, 15) is 4.79 Å². The molecule has 1 amide bonds. The number of nitrogens with one attached hydrogen (secondary N) is 1. The van der Waals surface area contributed by atoms with E-state index in [-0.39, 0.29) is 17.9 Å². The third-order valence-corrected chi connectivity index (χ3v) is 5.36. The van der Waals surface area contributed by atoms with Crippen molar-refractivity contribution in [1.29, 1.82) is 0 Å². The lowest BCUT2D eigenvalue weighted by Gasteiger charge is -2.31. The minimum absolute atomic E-state index is 0.00805. The standard InChI is InChI=1S/C18H27N5O2S/c1-14(2)25-12-6-8-19-16(24)15-7-5-11-23(13-15)18-21-20-17(26-18)22-9-3-4-10-22/h3-4,9-10,14-15H,5-8,11-13H2,1-2H3,(H,19,24)/t15-/m0/s1. The first-order valence-electron chi connectivity index (χ1n) is 9.24. The molecule has 7 nitrogen and oxygen atoms in total. The van der Waals surface area contributed by atoms with Gasteiger partial charge in [0.2, 0.25) is 16.2 Å². The summed E-state index contributed by atoms with van der Waals surface area (Å²) in [6.07, 6.45) is 6.92. The molecule has 0 aliphatic carbocycles. The molecule has 2 aromatic heterocycles. The fraction of sp³-hybridized carbons (Fsp3) is 0.611. The van der Waals surface area contributed by atoms with Crippen molar-refractivity contribution in [3.05, 3.63) is 24.5 Å². The number of amides is 1. The predicted molar refractivity (Wildman–Crippen MR) is 103 cm³/mol. The maximum atomic E-state index is 12.4. The van der Waals surface area contributed by atoms with Crippen LogP contribution in [0.15, 0.2) is 24.5 Å². The molecule has 0 spiro atoms. The molecule has 2 aromatic rings. The van der Waals surface area contributed by atoms with Gasteiger partial charge in [0.05, 0.1) is 12.0 Å². The molecule has 3 rings (SSSR count). The highest BCUT2D eigenvalue weighted by atomic mass is 32.1. The van der Waals surface area contributed by atoms with E-state index in [0.29, 0.717) is 19.7 Å². The monoisotopic (exact) mass is 377 g/mol. The molecule has 1 aliphatic rings. The van der Waals surface area contributed by atoms with Gasteiger partial charge >= 0.3 is 0 Å². The van der Waals surface area contributed by atoms with E-state index in [1.807, 2.05) is 42.9 Å². The largest absolute Gasteiger partial charge is 0.379 e. The molecule has 1 saturated heterocycles. The van der Waals surface area contributed by atoms with Crippen LogP contribution in [0.1, 0.15) is 33.1 Å². The summed E-state index contributed by atoms with van der Waals surface area (Å²) in [5.41, 5.74) is 0. The Bertz CT molecular complexity index is 686. The quantitative estimate of drug-likeness (QED) is 0.716. The first-order chi connectivity index (χ1) is 12.6. The molecule has 1 aliphatic heterocycles. The number of anilines is 1. The lowest BCUT2D eigenvalue weighted by molar-refractivity contribution is -0.125. The lowest BCUT2D eigenvalue weighted by atomic mass is 9.97. The van der Waals surface area contributed by atoms with Crippen molar-refractivity contribution in [2.75, 3.05) is 31.1 Å². The van der Waals surface area contributed by atoms with Crippen molar-refractivity contribution in [1.82, 2.24) is 20.1 Å². The molecule has 8 heteroatoms. The zero-order valence-electron chi connectivity index (χ0n) is 15.4. The summed E-state index contributed by atoms with van der Waals surface area (Å²) < 4.78 is 7.45. The van der Waals surface area contributed by atoms with Crippen LogP contribution < -0.4 is 10.2 Å². The average molecular weight is 378 g/mol. The molecule has 1 atom stereocenters. The predicted octanol–water partition coefficient (Wildman–Crippen LogP) is 2.48. The van der Waals surface area contributed by atoms with Gasteiger partial charge in [0.15, 0.2) is 0 Å². The van der Waals surface area contributed by atoms with Crippen LogP contribution in [0.2, 0.25) is 0 Å². The van der Waals surface area contributed by atoms with Crippen LogP contribution in [-0.2, 0) is 9.53 Å². The summed E-state index contributed by atoms with van der Waals surface area (Å²) in [5.74, 6) is 0.142. The van der Waals surface area contributed by atoms with E-state index in [4.69, 9.17) is 4.74 Å². The number of carbonyl (C=O) groups is 1. The highest BCUT2D eigenvalue weighted by molar-refractivity contribution is 7.17. The Morgan fingerprint density at radius 3 is 2.88 bits per heavy atom. The summed E-state index contributed by atoms with van der Waals surface area (Å²) in [7, 11) is 0. The number of piperidine rings is 1. The summed E-state index contributed by atoms with van der Waals surface area (Å²) in [6, 6.07) is 3.93. The molecular weight excluding hydrogens is 350 g/mol. The number of nitrogens with zero attached hydrogens (tertiary/aromatic N) is 4. The molecule has 3 heterocycles. The van der Waals surface area contributed by atoms with Gasteiger partial charge < -0.3 is 15.0 Å². The van der Waals surface area contributed by atoms with Gasteiger partial charge in [-0.1, -0.05) is 11.3 Å². The van der Waals surface area contributed by atoms with Gasteiger partial charge in [0, 0.05) is 38.6 Å². The smallest absolute Gasteiger partial charge is 0.224 e. The second-order valence-electron chi connectivity index (χ2n) is 6.81. The fourth-order valence-corrected chi connectivity index (χ4v) is 3.86. The zero-order valence-corrected chi connectivity index (χ0v) is 16.2. The van der Waals surface area contributed by atoms with Gasteiger partial charge in [-0.05, 0) is 45.2 Å². The van der Waals surface area contributed by atoms with Gasteiger partial charge in [-0.15, -0.1) is 10.2 Å². The molecule has 0 radical (unpaired) electrons. The summed E-state index contributed by atoms with van der Waals surface area (Å²) in [6.45, 7) is 7.01. The molecule has 1 fully saturated rings. The van der Waals surface area contributed by atoms with Gasteiger partial charge in [-0.25, -0.2) is 0 Å². The molecule has 26 heavy (non-hydrogen) atoms. The van der Waals surface area contributed by atoms with Crippen molar-refractivity contribution in [2.24, 2.45) is 5.92 Å². The highest BCUT2D eigenvalue weighted by Crippen LogP contribution is 2.27. The van der Waals surface area contributed by atoms with Gasteiger partial charge in [0.1, 0.15) is 0 Å². The maximum Gasteiger partial charge on any atom is 0.224 e. The van der Waals surface area contributed by atoms with Gasteiger partial charge in [-0.3, -0.25) is 9.36 Å². The third-order valence-electron chi connectivity index (χ3n) is 4.36. The Morgan fingerprint density at radius 1 is 1.35 bits per heavy atom. The summed E-state index contributed by atoms with van der Waals surface area (Å²) in [5, 5.41) is 13.4. The van der Waals surface area contributed by atoms with E-state index in [2.05, 4.69) is 20.4 Å². The molecule has 0 bridgehead atoms. The zero-order chi connectivity index (χ0) is 18.4. The minimum atomic E-state index is 0.00805. The van der Waals surface area contributed by atoms with Crippen LogP contribution in [0, 0.1) is 5.92 Å². The van der Waals surface area contributed by atoms with Crippen LogP contribution in [0.3, 0.4) is 0 Å². The lowest BCUT2D eigenvalue weighted by Crippen LogP contribution is -2.43. The topological polar surface area (TPSA) is 72.3 Å². The van der Waals surface area contributed by atoms with Crippen molar-refractivity contribution in [3.8, 4) is 5.13 Å². The van der Waals surface area contributed by atoms with Crippen LogP contribution in [0.4, 0.5) is 5.13 Å². The second-order valence-corrected chi connectivity index (χ2v) is 7.74. The van der Waals surface area contributed by atoms with Crippen LogP contribution >= 0.6 is 11.3 Å². The number of hydrogen-bond donors (Lipinski definition) is 1. The van der Waals surface area contributed by atoms with E-state index >= 15 is 0 Å². The van der Waals surface area contributed by atoms with Crippen molar-refractivity contribution in [3.63, 3.8) is 0 Å². The van der Waals surface area contributed by atoms with Crippen LogP contribution in [-0.4, -0.2) is 53.0 Å². The minimum Gasteiger partial charge on any atom is -0.379 e. The van der Waals surface area contributed by atoms with Crippen LogP contribution in [0.5, 0.6) is 0 Å². The van der Waals surface area contributed by atoms with Crippen molar-refractivity contribution in [2.45, 2.75) is 39.2 Å². The third kappa shape index (κ3) is 5.04. The molecule has 0 unspecified atom stereocenters. The molecule has 1 N–H and O–H groups in total. The average Bonchev–Trinajstić information content (AvgIpc) is 3.32. The van der Waals surface area contributed by atoms with E-state index in [1.165, 1.54) is 0 Å². The number of carbonyl (C=O) groups excluding carboxylic acids is 1. The first kappa shape index (κ1) is 18.8. The molecular formula is C18H27N5O2S. The molecule has 0 aromatic carbocycles.